The van der Waals surface area contributed by atoms with Crippen molar-refractivity contribution in [3.63, 3.8) is 0 Å². The highest BCUT2D eigenvalue weighted by Gasteiger charge is 2.35. The molecule has 0 bridgehead atoms. The van der Waals surface area contributed by atoms with E-state index < -0.39 is 7.14 Å². The van der Waals surface area contributed by atoms with Crippen molar-refractivity contribution < 1.29 is 4.57 Å². The van der Waals surface area contributed by atoms with Crippen LogP contribution in [-0.4, -0.2) is 19.5 Å². The molecule has 9 rings (SSSR count). The van der Waals surface area contributed by atoms with Crippen molar-refractivity contribution in [2.24, 2.45) is 0 Å². The van der Waals surface area contributed by atoms with Gasteiger partial charge in [0.05, 0.1) is 16.7 Å². The van der Waals surface area contributed by atoms with E-state index in [1.54, 1.807) is 6.33 Å². The Balaban J connectivity index is 1.12. The second-order valence-corrected chi connectivity index (χ2v) is 15.6. The molecule has 0 N–H and O–H groups in total. The Morgan fingerprint density at radius 3 is 1.85 bits per heavy atom. The molecule has 0 saturated carbocycles. The van der Waals surface area contributed by atoms with Gasteiger partial charge in [0.25, 0.3) is 0 Å². The van der Waals surface area contributed by atoms with Gasteiger partial charge in [-0.05, 0) is 35.4 Å². The maximum absolute atomic E-state index is 14.8. The van der Waals surface area contributed by atoms with Crippen LogP contribution >= 0.6 is 7.14 Å². The van der Waals surface area contributed by atoms with Crippen LogP contribution in [0.3, 0.4) is 0 Å². The van der Waals surface area contributed by atoms with Crippen LogP contribution in [0.4, 0.5) is 0 Å². The van der Waals surface area contributed by atoms with Gasteiger partial charge in [0.1, 0.15) is 6.33 Å². The van der Waals surface area contributed by atoms with Crippen LogP contribution in [0.2, 0.25) is 0 Å². The van der Waals surface area contributed by atoms with E-state index in [0.717, 1.165) is 27.0 Å². The highest BCUT2D eigenvalue weighted by atomic mass is 31.2. The Kier molecular flexibility index (Phi) is 6.37. The Morgan fingerprint density at radius 2 is 1.15 bits per heavy atom. The van der Waals surface area contributed by atoms with Gasteiger partial charge in [-0.2, -0.15) is 0 Å². The zero-order chi connectivity index (χ0) is 32.5. The van der Waals surface area contributed by atoms with Crippen molar-refractivity contribution in [1.82, 2.24) is 19.5 Å². The molecule has 0 saturated heterocycles. The highest BCUT2D eigenvalue weighted by molar-refractivity contribution is 7.85. The van der Waals surface area contributed by atoms with Crippen molar-refractivity contribution in [3.05, 3.63) is 163 Å². The molecule has 0 amide bonds. The first kappa shape index (κ1) is 28.6. The van der Waals surface area contributed by atoms with Gasteiger partial charge in [-0.3, -0.25) is 0 Å². The van der Waals surface area contributed by atoms with Crippen molar-refractivity contribution in [1.29, 1.82) is 0 Å². The fourth-order valence-corrected chi connectivity index (χ4v) is 10.1. The second kappa shape index (κ2) is 10.7. The largest absolute Gasteiger partial charge is 0.309 e. The summed E-state index contributed by atoms with van der Waals surface area (Å²) in [6.07, 6.45) is 1.58. The number of rotatable bonds is 5. The fourth-order valence-electron chi connectivity index (χ4n) is 7.41. The lowest BCUT2D eigenvalue weighted by atomic mass is 9.74. The lowest BCUT2D eigenvalue weighted by Gasteiger charge is -2.35. The lowest BCUT2D eigenvalue weighted by molar-refractivity contribution is 0.592. The first-order valence-electron chi connectivity index (χ1n) is 16.1. The topological polar surface area (TPSA) is 60.7 Å². The average molecular weight is 639 g/mol. The standard InChI is InChI=1S/C42H31N4OP/c1-42(2)35-18-11-17-34-33-16-9-10-19-37(33)46(39(34)35)38-25-22-29(26-36(38)42)41-44-27-43-40(45-41)28-20-23-32(24-21-28)48(47,30-12-5-3-6-13-30)31-14-7-4-8-15-31/h3-27H,1-2H3. The highest BCUT2D eigenvalue weighted by Crippen LogP contribution is 2.48. The molecule has 0 fully saturated rings. The Labute approximate surface area is 279 Å². The molecule has 1 aliphatic rings. The smallest absolute Gasteiger partial charge is 0.171 e. The summed E-state index contributed by atoms with van der Waals surface area (Å²) in [5.74, 6) is 1.18. The first-order chi connectivity index (χ1) is 23.4. The van der Waals surface area contributed by atoms with Gasteiger partial charge < -0.3 is 9.13 Å². The second-order valence-electron chi connectivity index (χ2n) is 12.9. The quantitative estimate of drug-likeness (QED) is 0.177. The predicted molar refractivity (Wildman–Crippen MR) is 197 cm³/mol. The fraction of sp³-hybridized carbons (Fsp3) is 0.0714. The Hall–Kier alpha value is -5.64. The molecule has 230 valence electrons. The molecule has 8 aromatic rings. The van der Waals surface area contributed by atoms with E-state index in [1.807, 2.05) is 84.9 Å². The van der Waals surface area contributed by atoms with Crippen LogP contribution in [0.5, 0.6) is 0 Å². The maximum atomic E-state index is 14.8. The Bertz CT molecular complexity index is 2510. The molecule has 2 aromatic heterocycles. The Morgan fingerprint density at radius 1 is 0.562 bits per heavy atom. The minimum atomic E-state index is -3.07. The maximum Gasteiger partial charge on any atom is 0.171 e. The summed E-state index contributed by atoms with van der Waals surface area (Å²) in [6, 6.07) is 49.1. The molecule has 0 unspecified atom stereocenters. The summed E-state index contributed by atoms with van der Waals surface area (Å²) >= 11 is 0. The third kappa shape index (κ3) is 4.18. The van der Waals surface area contributed by atoms with Gasteiger partial charge in [0.15, 0.2) is 18.8 Å². The van der Waals surface area contributed by atoms with Crippen molar-refractivity contribution in [2.75, 3.05) is 0 Å². The van der Waals surface area contributed by atoms with E-state index in [4.69, 9.17) is 4.98 Å². The van der Waals surface area contributed by atoms with E-state index in [0.29, 0.717) is 11.6 Å². The summed E-state index contributed by atoms with van der Waals surface area (Å²) < 4.78 is 17.2. The predicted octanol–water partition coefficient (Wildman–Crippen LogP) is 8.58. The third-order valence-corrected chi connectivity index (χ3v) is 12.9. The van der Waals surface area contributed by atoms with Crippen molar-refractivity contribution >= 4 is 44.9 Å². The van der Waals surface area contributed by atoms with Gasteiger partial charge in [-0.15, -0.1) is 0 Å². The first-order valence-corrected chi connectivity index (χ1v) is 17.8. The summed E-state index contributed by atoms with van der Waals surface area (Å²) in [7, 11) is -3.07. The van der Waals surface area contributed by atoms with Crippen LogP contribution in [0.15, 0.2) is 152 Å². The zero-order valence-corrected chi connectivity index (χ0v) is 27.5. The minimum Gasteiger partial charge on any atom is -0.309 e. The molecule has 5 nitrogen and oxygen atoms in total. The van der Waals surface area contributed by atoms with Gasteiger partial charge >= 0.3 is 0 Å². The molecule has 1 aliphatic heterocycles. The van der Waals surface area contributed by atoms with E-state index in [2.05, 4.69) is 89.0 Å². The molecule has 0 aliphatic carbocycles. The van der Waals surface area contributed by atoms with E-state index in [9.17, 15) is 4.57 Å². The normalized spacial score (nSPS) is 13.5. The van der Waals surface area contributed by atoms with Crippen LogP contribution in [0, 0.1) is 0 Å². The molecule has 48 heavy (non-hydrogen) atoms. The SMILES string of the molecule is CC1(C)c2cc(-c3ncnc(-c4ccc(P(=O)(c5ccccc5)c5ccccc5)cc4)n3)ccc2-n2c3ccccc3c3cccc1c32. The number of hydrogen-bond donors (Lipinski definition) is 0. The van der Waals surface area contributed by atoms with Crippen molar-refractivity contribution in [3.8, 4) is 28.5 Å². The number of aromatic nitrogens is 4. The van der Waals surface area contributed by atoms with Crippen LogP contribution < -0.4 is 15.9 Å². The third-order valence-electron chi connectivity index (χ3n) is 9.84. The van der Waals surface area contributed by atoms with Gasteiger partial charge in [0.2, 0.25) is 0 Å². The number of nitrogens with zero attached hydrogens (tertiary/aromatic N) is 4. The van der Waals surface area contributed by atoms with Crippen molar-refractivity contribution in [2.45, 2.75) is 19.3 Å². The minimum absolute atomic E-state index is 0.230. The molecule has 0 atom stereocenters. The number of para-hydroxylation sites is 2. The van der Waals surface area contributed by atoms with Gasteiger partial charge in [-0.25, -0.2) is 15.0 Å². The average Bonchev–Trinajstić information content (AvgIpc) is 3.49. The van der Waals surface area contributed by atoms with Gasteiger partial charge in [0, 0.05) is 43.2 Å². The van der Waals surface area contributed by atoms with E-state index in [-0.39, 0.29) is 5.41 Å². The van der Waals surface area contributed by atoms with Crippen LogP contribution in [0.1, 0.15) is 25.0 Å². The van der Waals surface area contributed by atoms with E-state index >= 15 is 0 Å². The summed E-state index contributed by atoms with van der Waals surface area (Å²) in [6.45, 7) is 4.60. The van der Waals surface area contributed by atoms with Gasteiger partial charge in [-0.1, -0.05) is 135 Å². The number of benzene rings is 6. The molecule has 0 spiro atoms. The van der Waals surface area contributed by atoms with E-state index in [1.165, 1.54) is 38.6 Å². The number of hydrogen-bond acceptors (Lipinski definition) is 4. The van der Waals surface area contributed by atoms with Crippen LogP contribution in [-0.2, 0) is 9.98 Å². The number of fused-ring (bicyclic) bond motifs is 5. The molecular weight excluding hydrogens is 607 g/mol. The summed E-state index contributed by atoms with van der Waals surface area (Å²) in [4.78, 5) is 14.1. The van der Waals surface area contributed by atoms with Crippen LogP contribution in [0.25, 0.3) is 50.3 Å². The molecule has 6 heteroatoms. The summed E-state index contributed by atoms with van der Waals surface area (Å²) in [5.41, 5.74) is 7.74. The molecular formula is C42H31N4OP. The molecule has 3 heterocycles. The lowest BCUT2D eigenvalue weighted by Crippen LogP contribution is -2.26. The summed E-state index contributed by atoms with van der Waals surface area (Å²) in [5, 5.41) is 4.92. The monoisotopic (exact) mass is 638 g/mol. The zero-order valence-electron chi connectivity index (χ0n) is 26.6. The molecule has 6 aromatic carbocycles. The molecule has 0 radical (unpaired) electrons.